The molecule has 27 heavy (non-hydrogen) atoms. The maximum Gasteiger partial charge on any atom is 0.416 e. The fraction of sp³-hybridized carbons (Fsp3) is 0.263. The zero-order chi connectivity index (χ0) is 19.8. The monoisotopic (exact) mass is 393 g/mol. The maximum absolute atomic E-state index is 13.3. The Kier molecular flexibility index (Phi) is 5.10. The molecule has 3 aromatic rings. The lowest BCUT2D eigenvalue weighted by Gasteiger charge is -2.15. The number of H-pyrrole nitrogens is 1. The highest BCUT2D eigenvalue weighted by atomic mass is 32.1. The van der Waals surface area contributed by atoms with Crippen molar-refractivity contribution in [3.05, 3.63) is 63.9 Å². The zero-order valence-corrected chi connectivity index (χ0v) is 15.5. The van der Waals surface area contributed by atoms with Crippen molar-refractivity contribution < 1.29 is 18.3 Å². The van der Waals surface area contributed by atoms with Crippen LogP contribution in [0.25, 0.3) is 11.4 Å². The number of phenols is 1. The molecule has 0 saturated carbocycles. The van der Waals surface area contributed by atoms with E-state index >= 15 is 0 Å². The smallest absolute Gasteiger partial charge is 0.416 e. The fourth-order valence-corrected chi connectivity index (χ4v) is 3.06. The molecule has 4 nitrogen and oxygen atoms in total. The van der Waals surface area contributed by atoms with Crippen molar-refractivity contribution in [3.63, 3.8) is 0 Å². The first-order valence-corrected chi connectivity index (χ1v) is 8.73. The van der Waals surface area contributed by atoms with E-state index in [4.69, 9.17) is 12.2 Å². The van der Waals surface area contributed by atoms with Gasteiger partial charge in [0.05, 0.1) is 17.7 Å². The van der Waals surface area contributed by atoms with Crippen LogP contribution < -0.4 is 0 Å². The van der Waals surface area contributed by atoms with Gasteiger partial charge in [0.15, 0.2) is 10.6 Å². The molecule has 0 atom stereocenters. The van der Waals surface area contributed by atoms with E-state index in [9.17, 15) is 18.3 Å². The van der Waals surface area contributed by atoms with E-state index in [1.165, 1.54) is 16.7 Å². The summed E-state index contributed by atoms with van der Waals surface area (Å²) in [4.78, 5) is 0. The lowest BCUT2D eigenvalue weighted by atomic mass is 10.00. The van der Waals surface area contributed by atoms with E-state index in [-0.39, 0.29) is 34.4 Å². The topological polar surface area (TPSA) is 53.8 Å². The van der Waals surface area contributed by atoms with Gasteiger partial charge in [-0.05, 0) is 47.5 Å². The molecule has 0 amide bonds. The molecular formula is C19H18F3N3OS. The molecule has 142 valence electrons. The summed E-state index contributed by atoms with van der Waals surface area (Å²) in [6.07, 6.45) is -4.47. The number of aromatic nitrogens is 3. The van der Waals surface area contributed by atoms with Crippen molar-refractivity contribution in [1.82, 2.24) is 14.8 Å². The van der Waals surface area contributed by atoms with Gasteiger partial charge in [-0.25, -0.2) is 0 Å². The summed E-state index contributed by atoms with van der Waals surface area (Å²) in [5.74, 6) is 0.487. The van der Waals surface area contributed by atoms with Crippen molar-refractivity contribution in [2.24, 2.45) is 0 Å². The third-order valence-electron chi connectivity index (χ3n) is 4.34. The summed E-state index contributed by atoms with van der Waals surface area (Å²) in [6.45, 7) is 3.89. The van der Waals surface area contributed by atoms with Crippen LogP contribution in [0.1, 0.15) is 36.5 Å². The number of nitrogens with zero attached hydrogens (tertiary/aromatic N) is 2. The Hall–Kier alpha value is -2.61. The Labute approximate surface area is 159 Å². The van der Waals surface area contributed by atoms with Crippen LogP contribution in [0.2, 0.25) is 0 Å². The van der Waals surface area contributed by atoms with Crippen molar-refractivity contribution in [2.75, 3.05) is 0 Å². The number of benzene rings is 2. The molecule has 0 bridgehead atoms. The Morgan fingerprint density at radius 1 is 1.19 bits per heavy atom. The number of halogens is 3. The van der Waals surface area contributed by atoms with Gasteiger partial charge in [-0.1, -0.05) is 38.1 Å². The van der Waals surface area contributed by atoms with Crippen LogP contribution in [-0.4, -0.2) is 19.9 Å². The second-order valence-electron chi connectivity index (χ2n) is 6.52. The van der Waals surface area contributed by atoms with E-state index in [2.05, 4.69) is 10.2 Å². The summed E-state index contributed by atoms with van der Waals surface area (Å²) >= 11 is 5.22. The molecule has 0 aliphatic heterocycles. The second kappa shape index (κ2) is 7.19. The molecule has 0 spiro atoms. The van der Waals surface area contributed by atoms with Gasteiger partial charge in [-0.2, -0.15) is 18.3 Å². The van der Waals surface area contributed by atoms with Crippen LogP contribution in [0.15, 0.2) is 42.5 Å². The lowest BCUT2D eigenvalue weighted by molar-refractivity contribution is -0.138. The Morgan fingerprint density at radius 3 is 2.56 bits per heavy atom. The molecule has 2 aromatic carbocycles. The van der Waals surface area contributed by atoms with E-state index < -0.39 is 11.7 Å². The Bertz CT molecular complexity index is 1020. The second-order valence-corrected chi connectivity index (χ2v) is 6.91. The molecule has 0 unspecified atom stereocenters. The number of nitrogens with one attached hydrogen (secondary N) is 1. The van der Waals surface area contributed by atoms with Gasteiger partial charge in [0, 0.05) is 0 Å². The highest BCUT2D eigenvalue weighted by Gasteiger charge is 2.33. The summed E-state index contributed by atoms with van der Waals surface area (Å²) < 4.78 is 41.6. The quantitative estimate of drug-likeness (QED) is 0.575. The van der Waals surface area contributed by atoms with Crippen LogP contribution in [-0.2, 0) is 12.7 Å². The van der Waals surface area contributed by atoms with Crippen molar-refractivity contribution in [3.8, 4) is 17.1 Å². The van der Waals surface area contributed by atoms with Gasteiger partial charge in [0.2, 0.25) is 0 Å². The van der Waals surface area contributed by atoms with Gasteiger partial charge in [-0.15, -0.1) is 0 Å². The minimum Gasteiger partial charge on any atom is -0.507 e. The molecular weight excluding hydrogens is 375 g/mol. The summed E-state index contributed by atoms with van der Waals surface area (Å²) in [5.41, 5.74) is 0.736. The van der Waals surface area contributed by atoms with Gasteiger partial charge in [0.1, 0.15) is 5.75 Å². The molecule has 0 fully saturated rings. The summed E-state index contributed by atoms with van der Waals surface area (Å²) in [7, 11) is 0. The van der Waals surface area contributed by atoms with E-state index in [0.717, 1.165) is 11.6 Å². The first-order chi connectivity index (χ1) is 12.7. The first-order valence-electron chi connectivity index (χ1n) is 8.32. The number of alkyl halides is 3. The summed E-state index contributed by atoms with van der Waals surface area (Å²) in [5, 5.41) is 17.0. The molecule has 1 aromatic heterocycles. The predicted octanol–water partition coefficient (Wildman–Crippen LogP) is 5.50. The van der Waals surface area contributed by atoms with Crippen LogP contribution >= 0.6 is 12.2 Å². The third-order valence-corrected chi connectivity index (χ3v) is 4.65. The number of hydrogen-bond acceptors (Lipinski definition) is 3. The highest BCUT2D eigenvalue weighted by Crippen LogP contribution is 2.34. The third kappa shape index (κ3) is 3.90. The lowest BCUT2D eigenvalue weighted by Crippen LogP contribution is -2.12. The molecule has 1 heterocycles. The van der Waals surface area contributed by atoms with Crippen molar-refractivity contribution in [2.45, 2.75) is 32.5 Å². The van der Waals surface area contributed by atoms with E-state index in [0.29, 0.717) is 5.56 Å². The highest BCUT2D eigenvalue weighted by molar-refractivity contribution is 7.71. The Morgan fingerprint density at radius 2 is 1.89 bits per heavy atom. The van der Waals surface area contributed by atoms with E-state index in [1.54, 1.807) is 24.3 Å². The van der Waals surface area contributed by atoms with Crippen LogP contribution in [0, 0.1) is 4.77 Å². The van der Waals surface area contributed by atoms with Crippen LogP contribution in [0.4, 0.5) is 13.2 Å². The molecule has 8 heteroatoms. The number of aromatic amines is 1. The molecule has 2 N–H and O–H groups in total. The number of phenolic OH excluding ortho intramolecular Hbond substituents is 1. The zero-order valence-electron chi connectivity index (χ0n) is 14.7. The van der Waals surface area contributed by atoms with Crippen LogP contribution in [0.5, 0.6) is 5.75 Å². The largest absolute Gasteiger partial charge is 0.507 e. The van der Waals surface area contributed by atoms with Gasteiger partial charge >= 0.3 is 6.18 Å². The predicted molar refractivity (Wildman–Crippen MR) is 99.1 cm³/mol. The molecule has 0 aliphatic carbocycles. The first kappa shape index (κ1) is 19.2. The van der Waals surface area contributed by atoms with Gasteiger partial charge in [0.25, 0.3) is 0 Å². The van der Waals surface area contributed by atoms with Gasteiger partial charge < -0.3 is 5.11 Å². The van der Waals surface area contributed by atoms with E-state index in [1.807, 2.05) is 13.8 Å². The fourth-order valence-electron chi connectivity index (χ4n) is 2.87. The summed E-state index contributed by atoms with van der Waals surface area (Å²) in [6, 6.07) is 10.5. The Balaban J connectivity index is 2.11. The number of rotatable bonds is 4. The molecule has 3 rings (SSSR count). The van der Waals surface area contributed by atoms with Gasteiger partial charge in [-0.3, -0.25) is 9.67 Å². The molecule has 0 aliphatic rings. The molecule has 0 saturated heterocycles. The molecule has 0 radical (unpaired) electrons. The van der Waals surface area contributed by atoms with Crippen molar-refractivity contribution >= 4 is 12.2 Å². The minimum atomic E-state index is -4.47. The average molecular weight is 393 g/mol. The standard InChI is InChI=1S/C19H18F3N3OS/c1-11(2)12-7-8-16(26)14(9-12)17-23-24-18(27)25(17)10-13-5-3-4-6-15(13)19(20,21)22/h3-9,11,26H,10H2,1-2H3,(H,24,27). The average Bonchev–Trinajstić information content (AvgIpc) is 2.95. The maximum atomic E-state index is 13.3. The van der Waals surface area contributed by atoms with Crippen LogP contribution in [0.3, 0.4) is 0 Å². The number of hydrogen-bond donors (Lipinski definition) is 2. The normalized spacial score (nSPS) is 11.9. The number of aromatic hydroxyl groups is 1. The minimum absolute atomic E-state index is 0.0150. The SMILES string of the molecule is CC(C)c1ccc(O)c(-c2n[nH]c(=S)n2Cc2ccccc2C(F)(F)F)c1. The van der Waals surface area contributed by atoms with Crippen molar-refractivity contribution in [1.29, 1.82) is 0 Å².